The van der Waals surface area contributed by atoms with Crippen LogP contribution in [0.4, 0.5) is 23.1 Å². The van der Waals surface area contributed by atoms with E-state index in [1.54, 1.807) is 0 Å². The highest BCUT2D eigenvalue weighted by molar-refractivity contribution is 5.60. The number of aryl methyl sites for hydroxylation is 1. The van der Waals surface area contributed by atoms with Crippen LogP contribution in [-0.2, 0) is 0 Å². The van der Waals surface area contributed by atoms with E-state index in [1.807, 2.05) is 13.0 Å². The normalized spacial score (nSPS) is 14.4. The van der Waals surface area contributed by atoms with E-state index in [4.69, 9.17) is 0 Å². The Morgan fingerprint density at radius 3 is 2.32 bits per heavy atom. The van der Waals surface area contributed by atoms with Crippen molar-refractivity contribution >= 4 is 23.1 Å². The zero-order chi connectivity index (χ0) is 17.6. The Balaban J connectivity index is 1.73. The topological polar surface area (TPSA) is 44.3 Å². The van der Waals surface area contributed by atoms with Gasteiger partial charge in [0.2, 0.25) is 5.95 Å². The zero-order valence-corrected chi connectivity index (χ0v) is 15.6. The molecule has 0 unspecified atom stereocenters. The monoisotopic (exact) mass is 339 g/mol. The first kappa shape index (κ1) is 17.5. The molecule has 1 aromatic carbocycles. The summed E-state index contributed by atoms with van der Waals surface area (Å²) in [6.45, 7) is 10.5. The molecule has 134 valence electrons. The van der Waals surface area contributed by atoms with E-state index in [-0.39, 0.29) is 0 Å². The minimum atomic E-state index is 0.660. The van der Waals surface area contributed by atoms with E-state index in [0.717, 1.165) is 30.3 Å². The molecule has 1 aliphatic heterocycles. The third-order valence-corrected chi connectivity index (χ3v) is 4.77. The Morgan fingerprint density at radius 2 is 1.68 bits per heavy atom. The van der Waals surface area contributed by atoms with E-state index >= 15 is 0 Å². The Labute approximate surface area is 151 Å². The predicted molar refractivity (Wildman–Crippen MR) is 106 cm³/mol. The van der Waals surface area contributed by atoms with Crippen LogP contribution in [0.2, 0.25) is 0 Å². The van der Waals surface area contributed by atoms with Crippen molar-refractivity contribution in [2.75, 3.05) is 41.3 Å². The van der Waals surface area contributed by atoms with Crippen LogP contribution in [0.15, 0.2) is 30.3 Å². The van der Waals surface area contributed by atoms with Gasteiger partial charge in [0, 0.05) is 49.3 Å². The predicted octanol–water partition coefficient (Wildman–Crippen LogP) is 4.37. The number of hydrogen-bond acceptors (Lipinski definition) is 5. The van der Waals surface area contributed by atoms with E-state index in [9.17, 15) is 0 Å². The van der Waals surface area contributed by atoms with Crippen LogP contribution in [0.25, 0.3) is 0 Å². The van der Waals surface area contributed by atoms with Gasteiger partial charge in [-0.3, -0.25) is 0 Å². The molecule has 2 heterocycles. The number of hydrogen-bond donors (Lipinski definition) is 1. The molecule has 0 bridgehead atoms. The quantitative estimate of drug-likeness (QED) is 0.847. The number of benzene rings is 1. The van der Waals surface area contributed by atoms with Gasteiger partial charge in [-0.15, -0.1) is 0 Å². The van der Waals surface area contributed by atoms with Gasteiger partial charge in [0.1, 0.15) is 5.82 Å². The van der Waals surface area contributed by atoms with Crippen LogP contribution in [0, 0.1) is 6.92 Å². The summed E-state index contributed by atoms with van der Waals surface area (Å²) in [7, 11) is 0. The fourth-order valence-electron chi connectivity index (χ4n) is 3.35. The van der Waals surface area contributed by atoms with Crippen molar-refractivity contribution in [3.63, 3.8) is 0 Å². The van der Waals surface area contributed by atoms with Gasteiger partial charge in [0.25, 0.3) is 0 Å². The zero-order valence-electron chi connectivity index (χ0n) is 15.6. The first-order chi connectivity index (χ1) is 12.2. The van der Waals surface area contributed by atoms with Crippen molar-refractivity contribution < 1.29 is 0 Å². The second kappa shape index (κ2) is 8.19. The maximum Gasteiger partial charge on any atom is 0.229 e. The lowest BCUT2D eigenvalue weighted by Gasteiger charge is -2.28. The summed E-state index contributed by atoms with van der Waals surface area (Å²) in [5.74, 6) is 1.64. The summed E-state index contributed by atoms with van der Waals surface area (Å²) in [5, 5.41) is 3.35. The Morgan fingerprint density at radius 1 is 1.00 bits per heavy atom. The molecular formula is C20H29N5. The van der Waals surface area contributed by atoms with Crippen molar-refractivity contribution in [3.8, 4) is 0 Å². The van der Waals surface area contributed by atoms with Gasteiger partial charge in [-0.25, -0.2) is 4.98 Å². The van der Waals surface area contributed by atoms with Crippen LogP contribution in [0.5, 0.6) is 0 Å². The van der Waals surface area contributed by atoms with Gasteiger partial charge in [-0.2, -0.15) is 4.98 Å². The highest BCUT2D eigenvalue weighted by atomic mass is 15.2. The third kappa shape index (κ3) is 4.41. The molecule has 0 aliphatic carbocycles. The van der Waals surface area contributed by atoms with E-state index in [2.05, 4.69) is 63.2 Å². The third-order valence-electron chi connectivity index (χ3n) is 4.77. The molecular weight excluding hydrogens is 310 g/mol. The lowest BCUT2D eigenvalue weighted by molar-refractivity contribution is 0.578. The molecule has 1 fully saturated rings. The molecule has 5 nitrogen and oxygen atoms in total. The molecule has 1 aromatic heterocycles. The second-order valence-electron chi connectivity index (χ2n) is 6.58. The Bertz CT molecular complexity index is 673. The summed E-state index contributed by atoms with van der Waals surface area (Å²) in [5.41, 5.74) is 3.31. The lowest BCUT2D eigenvalue weighted by atomic mass is 10.1. The van der Waals surface area contributed by atoms with Gasteiger partial charge in [-0.05, 0) is 64.3 Å². The number of nitrogens with one attached hydrogen (secondary N) is 1. The molecule has 0 atom stereocenters. The van der Waals surface area contributed by atoms with Crippen LogP contribution in [0.1, 0.15) is 38.8 Å². The van der Waals surface area contributed by atoms with Gasteiger partial charge >= 0.3 is 0 Å². The van der Waals surface area contributed by atoms with E-state index < -0.39 is 0 Å². The minimum absolute atomic E-state index is 0.660. The Kier molecular flexibility index (Phi) is 5.74. The van der Waals surface area contributed by atoms with Gasteiger partial charge in [0.15, 0.2) is 0 Å². The molecule has 0 spiro atoms. The van der Waals surface area contributed by atoms with Crippen molar-refractivity contribution in [3.05, 3.63) is 36.0 Å². The lowest BCUT2D eigenvalue weighted by Crippen LogP contribution is -2.29. The Hall–Kier alpha value is -2.30. The molecule has 0 radical (unpaired) electrons. The molecule has 2 aromatic rings. The molecule has 25 heavy (non-hydrogen) atoms. The van der Waals surface area contributed by atoms with Crippen LogP contribution in [0.3, 0.4) is 0 Å². The summed E-state index contributed by atoms with van der Waals surface area (Å²) in [6.07, 6.45) is 3.95. The maximum absolute atomic E-state index is 4.68. The number of rotatable bonds is 6. The van der Waals surface area contributed by atoms with Crippen LogP contribution >= 0.6 is 0 Å². The summed E-state index contributed by atoms with van der Waals surface area (Å²) < 4.78 is 0. The standard InChI is InChI=1S/C20H29N5/c1-4-24(5-2)19-15-16(3)21-20(23-19)22-17-9-11-18(12-10-17)25-13-7-6-8-14-25/h9-12,15H,4-8,13-14H2,1-3H3,(H,21,22,23). The van der Waals surface area contributed by atoms with E-state index in [0.29, 0.717) is 5.95 Å². The highest BCUT2D eigenvalue weighted by Crippen LogP contribution is 2.23. The van der Waals surface area contributed by atoms with Gasteiger partial charge in [0.05, 0.1) is 0 Å². The molecule has 0 amide bonds. The van der Waals surface area contributed by atoms with Crippen molar-refractivity contribution in [1.29, 1.82) is 0 Å². The largest absolute Gasteiger partial charge is 0.372 e. The smallest absolute Gasteiger partial charge is 0.229 e. The molecule has 1 N–H and O–H groups in total. The number of aromatic nitrogens is 2. The molecule has 5 heteroatoms. The summed E-state index contributed by atoms with van der Waals surface area (Å²) >= 11 is 0. The maximum atomic E-state index is 4.68. The second-order valence-corrected chi connectivity index (χ2v) is 6.58. The molecule has 1 aliphatic rings. The van der Waals surface area contributed by atoms with Crippen molar-refractivity contribution in [2.24, 2.45) is 0 Å². The van der Waals surface area contributed by atoms with Crippen molar-refractivity contribution in [2.45, 2.75) is 40.0 Å². The first-order valence-electron chi connectivity index (χ1n) is 9.42. The molecule has 1 saturated heterocycles. The summed E-state index contributed by atoms with van der Waals surface area (Å²) in [6, 6.07) is 10.7. The number of nitrogens with zero attached hydrogens (tertiary/aromatic N) is 4. The SMILES string of the molecule is CCN(CC)c1cc(C)nc(Nc2ccc(N3CCCCC3)cc2)n1. The van der Waals surface area contributed by atoms with E-state index in [1.165, 1.54) is 38.0 Å². The number of piperidine rings is 1. The molecule has 0 saturated carbocycles. The van der Waals surface area contributed by atoms with Crippen LogP contribution < -0.4 is 15.1 Å². The number of anilines is 4. The highest BCUT2D eigenvalue weighted by Gasteiger charge is 2.11. The van der Waals surface area contributed by atoms with Gasteiger partial charge in [-0.1, -0.05) is 0 Å². The van der Waals surface area contributed by atoms with Gasteiger partial charge < -0.3 is 15.1 Å². The van der Waals surface area contributed by atoms with Crippen molar-refractivity contribution in [1.82, 2.24) is 9.97 Å². The minimum Gasteiger partial charge on any atom is -0.372 e. The fraction of sp³-hybridized carbons (Fsp3) is 0.500. The molecule has 3 rings (SSSR count). The first-order valence-corrected chi connectivity index (χ1v) is 9.42. The fourth-order valence-corrected chi connectivity index (χ4v) is 3.35. The average molecular weight is 339 g/mol. The van der Waals surface area contributed by atoms with Crippen LogP contribution in [-0.4, -0.2) is 36.1 Å². The summed E-state index contributed by atoms with van der Waals surface area (Å²) in [4.78, 5) is 13.9. The average Bonchev–Trinajstić information content (AvgIpc) is 2.64.